The normalized spacial score (nSPS) is 18.1. The molecule has 2 N–H and O–H groups in total. The van der Waals surface area contributed by atoms with Crippen LogP contribution in [0, 0.1) is 17.8 Å². The third kappa shape index (κ3) is 3.75. The molecular weight excluding hydrogens is 222 g/mol. The monoisotopic (exact) mass is 239 g/mol. The van der Waals surface area contributed by atoms with Crippen LogP contribution in [0.25, 0.3) is 0 Å². The van der Waals surface area contributed by atoms with Crippen LogP contribution in [0.15, 0.2) is 0 Å². The van der Waals surface area contributed by atoms with E-state index in [2.05, 4.69) is 11.2 Å². The zero-order valence-electron chi connectivity index (χ0n) is 9.70. The summed E-state index contributed by atoms with van der Waals surface area (Å²) >= 11 is 0. The number of hydrogen-bond acceptors (Lipinski definition) is 3. The molecule has 1 rings (SSSR count). The molecule has 0 spiro atoms. The van der Waals surface area contributed by atoms with E-state index in [0.29, 0.717) is 32.5 Å². The average molecular weight is 239 g/mol. The van der Waals surface area contributed by atoms with E-state index in [0.717, 1.165) is 0 Å². The predicted molar refractivity (Wildman–Crippen MR) is 61.2 cm³/mol. The first-order chi connectivity index (χ1) is 8.10. The molecule has 0 unspecified atom stereocenters. The van der Waals surface area contributed by atoms with E-state index in [1.165, 1.54) is 0 Å². The largest absolute Gasteiger partial charge is 0.481 e. The summed E-state index contributed by atoms with van der Waals surface area (Å²) in [7, 11) is 0. The third-order valence-corrected chi connectivity index (χ3v) is 3.02. The zero-order valence-corrected chi connectivity index (χ0v) is 9.70. The van der Waals surface area contributed by atoms with Crippen LogP contribution >= 0.6 is 0 Å². The average Bonchev–Trinajstić information content (AvgIpc) is 2.34. The van der Waals surface area contributed by atoms with Gasteiger partial charge in [-0.1, -0.05) is 0 Å². The first-order valence-corrected chi connectivity index (χ1v) is 5.62. The Morgan fingerprint density at radius 3 is 2.59 bits per heavy atom. The molecule has 0 saturated carbocycles. The Morgan fingerprint density at radius 1 is 1.41 bits per heavy atom. The Bertz CT molecular complexity index is 326. The first kappa shape index (κ1) is 13.5. The van der Waals surface area contributed by atoms with Gasteiger partial charge in [0.1, 0.15) is 0 Å². The highest BCUT2D eigenvalue weighted by Gasteiger charge is 2.40. The number of carboxylic acid groups (broad SMARTS) is 1. The van der Waals surface area contributed by atoms with Gasteiger partial charge in [0, 0.05) is 32.6 Å². The molecule has 0 atom stereocenters. The van der Waals surface area contributed by atoms with Crippen molar-refractivity contribution in [2.75, 3.05) is 19.8 Å². The number of aliphatic carboxylic acids is 1. The van der Waals surface area contributed by atoms with Crippen LogP contribution in [0.2, 0.25) is 0 Å². The number of ether oxygens (including phenoxy) is 1. The van der Waals surface area contributed by atoms with E-state index >= 15 is 0 Å². The topological polar surface area (TPSA) is 75.6 Å². The summed E-state index contributed by atoms with van der Waals surface area (Å²) in [6.07, 6.45) is 6.51. The molecule has 0 bridgehead atoms. The minimum Gasteiger partial charge on any atom is -0.481 e. The van der Waals surface area contributed by atoms with E-state index in [4.69, 9.17) is 11.2 Å². The molecule has 0 aromatic heterocycles. The lowest BCUT2D eigenvalue weighted by Gasteiger charge is -2.33. The van der Waals surface area contributed by atoms with Crippen LogP contribution in [0.5, 0.6) is 0 Å². The van der Waals surface area contributed by atoms with Gasteiger partial charge in [0.15, 0.2) is 0 Å². The molecule has 1 saturated heterocycles. The Balaban J connectivity index is 2.48. The zero-order chi connectivity index (χ0) is 12.7. The Kier molecular flexibility index (Phi) is 4.98. The molecular formula is C12H17NO4. The van der Waals surface area contributed by atoms with Crippen molar-refractivity contribution >= 4 is 11.9 Å². The number of rotatable bonds is 5. The Labute approximate surface area is 101 Å². The maximum absolute atomic E-state index is 11.4. The number of amides is 1. The fourth-order valence-electron chi connectivity index (χ4n) is 1.77. The maximum Gasteiger partial charge on any atom is 0.311 e. The van der Waals surface area contributed by atoms with E-state index in [1.807, 2.05) is 0 Å². The molecule has 1 fully saturated rings. The molecule has 1 aliphatic heterocycles. The number of carboxylic acids is 1. The highest BCUT2D eigenvalue weighted by Crippen LogP contribution is 2.30. The van der Waals surface area contributed by atoms with E-state index in [1.54, 1.807) is 0 Å². The number of nitrogens with one attached hydrogen (secondary N) is 1. The number of carbonyl (C=O) groups excluding carboxylic acids is 1. The van der Waals surface area contributed by atoms with Crippen LogP contribution in [0.3, 0.4) is 0 Å². The summed E-state index contributed by atoms with van der Waals surface area (Å²) in [5.74, 6) is 1.30. The third-order valence-electron chi connectivity index (χ3n) is 3.02. The van der Waals surface area contributed by atoms with Crippen molar-refractivity contribution in [3.63, 3.8) is 0 Å². The lowest BCUT2D eigenvalue weighted by Crippen LogP contribution is -2.46. The van der Waals surface area contributed by atoms with Crippen LogP contribution in [0.1, 0.15) is 25.7 Å². The second kappa shape index (κ2) is 6.26. The fourth-order valence-corrected chi connectivity index (χ4v) is 1.77. The summed E-state index contributed by atoms with van der Waals surface area (Å²) in [6.45, 7) is 0.994. The first-order valence-electron chi connectivity index (χ1n) is 5.62. The standard InChI is InChI=1S/C12H17NO4/c1-2-3-4-10(14)13-9-12(11(15)16)5-7-17-8-6-12/h1H,3-9H2,(H,13,14)(H,15,16). The maximum atomic E-state index is 11.4. The van der Waals surface area contributed by atoms with Crippen molar-refractivity contribution in [2.24, 2.45) is 5.41 Å². The molecule has 0 aliphatic carbocycles. The summed E-state index contributed by atoms with van der Waals surface area (Å²) in [6, 6.07) is 0. The van der Waals surface area contributed by atoms with Crippen molar-refractivity contribution in [3.05, 3.63) is 0 Å². The van der Waals surface area contributed by atoms with Gasteiger partial charge in [-0.3, -0.25) is 9.59 Å². The Hall–Kier alpha value is -1.54. The van der Waals surface area contributed by atoms with Gasteiger partial charge in [0.2, 0.25) is 5.91 Å². The van der Waals surface area contributed by atoms with Crippen molar-refractivity contribution in [2.45, 2.75) is 25.7 Å². The summed E-state index contributed by atoms with van der Waals surface area (Å²) in [5, 5.41) is 11.9. The minimum atomic E-state index is -0.885. The van der Waals surface area contributed by atoms with Gasteiger partial charge in [-0.25, -0.2) is 0 Å². The number of hydrogen-bond donors (Lipinski definition) is 2. The smallest absolute Gasteiger partial charge is 0.311 e. The SMILES string of the molecule is C#CCCC(=O)NCC1(C(=O)O)CCOCC1. The molecule has 1 aliphatic rings. The second-order valence-electron chi connectivity index (χ2n) is 4.18. The van der Waals surface area contributed by atoms with Crippen LogP contribution in [-0.4, -0.2) is 36.7 Å². The van der Waals surface area contributed by atoms with E-state index < -0.39 is 11.4 Å². The van der Waals surface area contributed by atoms with Crippen LogP contribution < -0.4 is 5.32 Å². The second-order valence-corrected chi connectivity index (χ2v) is 4.18. The van der Waals surface area contributed by atoms with Gasteiger partial charge in [-0.05, 0) is 12.8 Å². The van der Waals surface area contributed by atoms with Gasteiger partial charge in [0.25, 0.3) is 0 Å². The molecule has 1 heterocycles. The van der Waals surface area contributed by atoms with Crippen molar-refractivity contribution in [1.82, 2.24) is 5.32 Å². The van der Waals surface area contributed by atoms with E-state index in [-0.39, 0.29) is 18.9 Å². The molecule has 0 aromatic carbocycles. The van der Waals surface area contributed by atoms with Gasteiger partial charge in [-0.15, -0.1) is 12.3 Å². The van der Waals surface area contributed by atoms with E-state index in [9.17, 15) is 14.7 Å². The molecule has 0 radical (unpaired) electrons. The lowest BCUT2D eigenvalue weighted by molar-refractivity contribution is -0.154. The van der Waals surface area contributed by atoms with Gasteiger partial charge in [0.05, 0.1) is 5.41 Å². The summed E-state index contributed by atoms with van der Waals surface area (Å²) in [5.41, 5.74) is -0.885. The van der Waals surface area contributed by atoms with Crippen LogP contribution in [-0.2, 0) is 14.3 Å². The quantitative estimate of drug-likeness (QED) is 0.681. The summed E-state index contributed by atoms with van der Waals surface area (Å²) < 4.78 is 5.14. The van der Waals surface area contributed by atoms with Crippen molar-refractivity contribution < 1.29 is 19.4 Å². The summed E-state index contributed by atoms with van der Waals surface area (Å²) in [4.78, 5) is 22.6. The molecule has 1 amide bonds. The Morgan fingerprint density at radius 2 is 2.06 bits per heavy atom. The highest BCUT2D eigenvalue weighted by molar-refractivity contribution is 5.79. The molecule has 94 valence electrons. The van der Waals surface area contributed by atoms with Crippen molar-refractivity contribution in [1.29, 1.82) is 0 Å². The van der Waals surface area contributed by atoms with Gasteiger partial charge < -0.3 is 15.2 Å². The molecule has 17 heavy (non-hydrogen) atoms. The molecule has 0 aromatic rings. The van der Waals surface area contributed by atoms with Gasteiger partial charge >= 0.3 is 5.97 Å². The van der Waals surface area contributed by atoms with Gasteiger partial charge in [-0.2, -0.15) is 0 Å². The van der Waals surface area contributed by atoms with Crippen LogP contribution in [0.4, 0.5) is 0 Å². The predicted octanol–water partition coefficient (Wildman–Crippen LogP) is 0.397. The molecule has 5 heteroatoms. The number of terminal acetylenes is 1. The lowest BCUT2D eigenvalue weighted by atomic mass is 9.80. The fraction of sp³-hybridized carbons (Fsp3) is 0.667. The molecule has 5 nitrogen and oxygen atoms in total. The number of carbonyl (C=O) groups is 2. The minimum absolute atomic E-state index is 0.148. The van der Waals surface area contributed by atoms with Crippen molar-refractivity contribution in [3.8, 4) is 12.3 Å². The highest BCUT2D eigenvalue weighted by atomic mass is 16.5.